The number of rotatable bonds is 3. The second kappa shape index (κ2) is 8.13. The number of aliphatic hydroxyl groups excluding tert-OH is 1. The molecular formula is C22H24F3N5O2. The maximum atomic E-state index is 13.3. The molecule has 2 aliphatic heterocycles. The van der Waals surface area contributed by atoms with E-state index in [0.717, 1.165) is 6.07 Å². The van der Waals surface area contributed by atoms with E-state index in [1.165, 1.54) is 12.3 Å². The third kappa shape index (κ3) is 3.93. The molecule has 3 heterocycles. The second-order valence-electron chi connectivity index (χ2n) is 8.66. The molecule has 0 aliphatic carbocycles. The zero-order chi connectivity index (χ0) is 23.1. The van der Waals surface area contributed by atoms with E-state index in [4.69, 9.17) is 5.26 Å². The molecule has 1 N–H and O–H groups in total. The fourth-order valence-corrected chi connectivity index (χ4v) is 4.99. The van der Waals surface area contributed by atoms with Gasteiger partial charge in [0.2, 0.25) is 0 Å². The van der Waals surface area contributed by atoms with Gasteiger partial charge in [-0.25, -0.2) is 0 Å². The molecule has 2 fully saturated rings. The Hall–Kier alpha value is -3.06. The summed E-state index contributed by atoms with van der Waals surface area (Å²) in [5.41, 5.74) is -0.678. The van der Waals surface area contributed by atoms with Gasteiger partial charge in [0.05, 0.1) is 29.0 Å². The van der Waals surface area contributed by atoms with Crippen LogP contribution < -0.4 is 4.90 Å². The molecule has 1 unspecified atom stereocenters. The number of carbonyl (C=O) groups excluding carboxylic acids is 1. The Morgan fingerprint density at radius 2 is 2.06 bits per heavy atom. The smallest absolute Gasteiger partial charge is 0.396 e. The monoisotopic (exact) mass is 447 g/mol. The normalized spacial score (nSPS) is 20.6. The zero-order valence-electron chi connectivity index (χ0n) is 17.6. The quantitative estimate of drug-likeness (QED) is 0.782. The molecule has 4 rings (SSSR count). The number of nitrogens with zero attached hydrogens (tertiary/aromatic N) is 5. The minimum absolute atomic E-state index is 0.0497. The lowest BCUT2D eigenvalue weighted by atomic mass is 9.71. The Kier molecular flexibility index (Phi) is 5.63. The van der Waals surface area contributed by atoms with Crippen molar-refractivity contribution >= 4 is 11.6 Å². The summed E-state index contributed by atoms with van der Waals surface area (Å²) in [6.07, 6.45) is -0.120. The van der Waals surface area contributed by atoms with Gasteiger partial charge >= 0.3 is 6.18 Å². The van der Waals surface area contributed by atoms with Gasteiger partial charge in [-0.05, 0) is 36.5 Å². The Labute approximate surface area is 183 Å². The lowest BCUT2D eigenvalue weighted by molar-refractivity contribution is -0.137. The van der Waals surface area contributed by atoms with E-state index in [2.05, 4.69) is 5.10 Å². The molecule has 0 saturated carbocycles. The van der Waals surface area contributed by atoms with Crippen molar-refractivity contribution in [1.82, 2.24) is 14.7 Å². The number of nitriles is 1. The SMILES string of the molecule is Cn1cc(C(=O)N2CC(CO)C3(CCN(c4ccc(C#N)c(C(F)(F)F)c4)CC3)C2)cn1. The molecule has 1 aromatic heterocycles. The van der Waals surface area contributed by atoms with E-state index in [1.807, 2.05) is 4.90 Å². The number of halogens is 3. The number of piperidine rings is 1. The highest BCUT2D eigenvalue weighted by Crippen LogP contribution is 2.46. The van der Waals surface area contributed by atoms with Crippen molar-refractivity contribution in [1.29, 1.82) is 5.26 Å². The molecule has 170 valence electrons. The molecule has 10 heteroatoms. The van der Waals surface area contributed by atoms with Gasteiger partial charge < -0.3 is 14.9 Å². The number of anilines is 1. The van der Waals surface area contributed by atoms with Gasteiger partial charge in [-0.1, -0.05) is 0 Å². The fourth-order valence-electron chi connectivity index (χ4n) is 4.99. The van der Waals surface area contributed by atoms with E-state index in [9.17, 15) is 23.1 Å². The topological polar surface area (TPSA) is 85.4 Å². The summed E-state index contributed by atoms with van der Waals surface area (Å²) in [7, 11) is 1.74. The lowest BCUT2D eigenvalue weighted by Gasteiger charge is -2.43. The highest BCUT2D eigenvalue weighted by Gasteiger charge is 2.49. The number of alkyl halides is 3. The van der Waals surface area contributed by atoms with Crippen molar-refractivity contribution in [3.63, 3.8) is 0 Å². The Morgan fingerprint density at radius 1 is 1.34 bits per heavy atom. The van der Waals surface area contributed by atoms with Crippen LogP contribution in [-0.4, -0.2) is 58.5 Å². The van der Waals surface area contributed by atoms with E-state index >= 15 is 0 Å². The number of likely N-dealkylation sites (tertiary alicyclic amines) is 1. The second-order valence-corrected chi connectivity index (χ2v) is 8.66. The minimum Gasteiger partial charge on any atom is -0.396 e. The highest BCUT2D eigenvalue weighted by atomic mass is 19.4. The van der Waals surface area contributed by atoms with Crippen LogP contribution in [0.1, 0.15) is 34.3 Å². The van der Waals surface area contributed by atoms with Gasteiger partial charge in [-0.2, -0.15) is 23.5 Å². The molecule has 0 radical (unpaired) electrons. The van der Waals surface area contributed by atoms with Crippen molar-refractivity contribution in [3.8, 4) is 6.07 Å². The number of carbonyl (C=O) groups is 1. The van der Waals surface area contributed by atoms with E-state index in [1.54, 1.807) is 35.0 Å². The molecular weight excluding hydrogens is 423 g/mol. The van der Waals surface area contributed by atoms with Crippen LogP contribution >= 0.6 is 0 Å². The van der Waals surface area contributed by atoms with Crippen LogP contribution in [0.5, 0.6) is 0 Å². The van der Waals surface area contributed by atoms with Gasteiger partial charge in [0.15, 0.2) is 0 Å². The van der Waals surface area contributed by atoms with Gasteiger partial charge in [-0.3, -0.25) is 9.48 Å². The molecule has 2 aliphatic rings. The van der Waals surface area contributed by atoms with E-state index < -0.39 is 17.3 Å². The zero-order valence-corrected chi connectivity index (χ0v) is 17.6. The molecule has 2 saturated heterocycles. The van der Waals surface area contributed by atoms with Gasteiger partial charge in [0, 0.05) is 57.6 Å². The molecule has 2 aromatic rings. The standard InChI is InChI=1S/C22H24F3N5O2/c1-28-11-16(10-27-28)20(32)30-12-17(13-31)21(14-30)4-6-29(7-5-21)18-3-2-15(9-26)19(8-18)22(23,24)25/h2-3,8,10-11,17,31H,4-7,12-14H2,1H3. The van der Waals surface area contributed by atoms with Crippen LogP contribution in [0.2, 0.25) is 0 Å². The number of amides is 1. The first kappa shape index (κ1) is 22.1. The van der Waals surface area contributed by atoms with Crippen LogP contribution in [0.4, 0.5) is 18.9 Å². The predicted molar refractivity (Wildman–Crippen MR) is 110 cm³/mol. The van der Waals surface area contributed by atoms with Crippen molar-refractivity contribution in [3.05, 3.63) is 47.3 Å². The number of aliphatic hydroxyl groups is 1. The maximum absolute atomic E-state index is 13.3. The number of aryl methyl sites for hydroxylation is 1. The molecule has 1 amide bonds. The largest absolute Gasteiger partial charge is 0.417 e. The van der Waals surface area contributed by atoms with Crippen LogP contribution in [-0.2, 0) is 13.2 Å². The molecule has 1 aromatic carbocycles. The number of hydrogen-bond acceptors (Lipinski definition) is 5. The third-order valence-electron chi connectivity index (χ3n) is 6.83. The summed E-state index contributed by atoms with van der Waals surface area (Å²) in [5, 5.41) is 23.1. The lowest BCUT2D eigenvalue weighted by Crippen LogP contribution is -2.45. The third-order valence-corrected chi connectivity index (χ3v) is 6.83. The van der Waals surface area contributed by atoms with Crippen LogP contribution in [0.15, 0.2) is 30.6 Å². The molecule has 0 bridgehead atoms. The van der Waals surface area contributed by atoms with Gasteiger partial charge in [0.25, 0.3) is 5.91 Å². The highest BCUT2D eigenvalue weighted by molar-refractivity contribution is 5.94. The summed E-state index contributed by atoms with van der Waals surface area (Å²) >= 11 is 0. The van der Waals surface area contributed by atoms with Crippen molar-refractivity contribution < 1.29 is 23.1 Å². The number of aromatic nitrogens is 2. The first-order chi connectivity index (χ1) is 15.2. The summed E-state index contributed by atoms with van der Waals surface area (Å²) in [4.78, 5) is 16.5. The van der Waals surface area contributed by atoms with Crippen molar-refractivity contribution in [2.45, 2.75) is 19.0 Å². The number of hydrogen-bond donors (Lipinski definition) is 1. The first-order valence-corrected chi connectivity index (χ1v) is 10.4. The van der Waals surface area contributed by atoms with Crippen molar-refractivity contribution in [2.24, 2.45) is 18.4 Å². The maximum Gasteiger partial charge on any atom is 0.417 e. The predicted octanol–water partition coefficient (Wildman–Crippen LogP) is 2.66. The summed E-state index contributed by atoms with van der Waals surface area (Å²) < 4.78 is 41.6. The number of benzene rings is 1. The van der Waals surface area contributed by atoms with E-state index in [0.29, 0.717) is 50.3 Å². The van der Waals surface area contributed by atoms with Crippen molar-refractivity contribution in [2.75, 3.05) is 37.7 Å². The van der Waals surface area contributed by atoms with Gasteiger partial charge in [-0.15, -0.1) is 0 Å². The Balaban J connectivity index is 1.50. The molecule has 1 spiro atoms. The summed E-state index contributed by atoms with van der Waals surface area (Å²) in [6.45, 7) is 1.91. The Morgan fingerprint density at radius 3 is 2.62 bits per heavy atom. The summed E-state index contributed by atoms with van der Waals surface area (Å²) in [5.74, 6) is -0.213. The average molecular weight is 447 g/mol. The average Bonchev–Trinajstić information content (AvgIpc) is 3.36. The molecule has 7 nitrogen and oxygen atoms in total. The van der Waals surface area contributed by atoms with Crippen LogP contribution in [0.25, 0.3) is 0 Å². The van der Waals surface area contributed by atoms with E-state index in [-0.39, 0.29) is 23.8 Å². The first-order valence-electron chi connectivity index (χ1n) is 10.4. The van der Waals surface area contributed by atoms with Crippen LogP contribution in [0, 0.1) is 22.7 Å². The fraction of sp³-hybridized carbons (Fsp3) is 0.500. The Bertz CT molecular complexity index is 1050. The van der Waals surface area contributed by atoms with Gasteiger partial charge in [0.1, 0.15) is 0 Å². The molecule has 1 atom stereocenters. The van der Waals surface area contributed by atoms with Crippen LogP contribution in [0.3, 0.4) is 0 Å². The summed E-state index contributed by atoms with van der Waals surface area (Å²) in [6, 6.07) is 5.40. The minimum atomic E-state index is -4.60. The molecule has 32 heavy (non-hydrogen) atoms.